The maximum atomic E-state index is 4.35. The summed E-state index contributed by atoms with van der Waals surface area (Å²) in [6, 6.07) is 0. The van der Waals surface area contributed by atoms with Crippen molar-refractivity contribution in [3.05, 3.63) is 0 Å². The summed E-state index contributed by atoms with van der Waals surface area (Å²) >= 11 is 33.4. The molecule has 0 nitrogen and oxygen atoms in total. The zero-order chi connectivity index (χ0) is 13.8. The minimum absolute atomic E-state index is 0.271. The summed E-state index contributed by atoms with van der Waals surface area (Å²) in [5.74, 6) is 2.50. The van der Waals surface area contributed by atoms with Gasteiger partial charge in [-0.25, -0.2) is 0 Å². The Hall–Kier alpha value is 3.50. The highest BCUT2D eigenvalue weighted by Crippen LogP contribution is 2.53. The second-order valence-corrected chi connectivity index (χ2v) is 17.6. The number of hydrogen-bond donors (Lipinski definition) is 6. The third-order valence-corrected chi connectivity index (χ3v) is 8.87. The van der Waals surface area contributed by atoms with Crippen molar-refractivity contribution in [3.63, 3.8) is 0 Å². The smallest absolute Gasteiger partial charge is 0.146 e. The van der Waals surface area contributed by atoms with Crippen LogP contribution in [0.2, 0.25) is 0 Å². The lowest BCUT2D eigenvalue weighted by atomic mass is 10.5. The first-order valence-electron chi connectivity index (χ1n) is 5.09. The molecular formula is C8H16S10. The van der Waals surface area contributed by atoms with Crippen molar-refractivity contribution < 1.29 is 0 Å². The van der Waals surface area contributed by atoms with Gasteiger partial charge in [0.25, 0.3) is 0 Å². The molecule has 0 radical (unpaired) electrons. The van der Waals surface area contributed by atoms with Gasteiger partial charge in [-0.2, -0.15) is 0 Å². The summed E-state index contributed by atoms with van der Waals surface area (Å²) in [5, 5.41) is 0. The van der Waals surface area contributed by atoms with Gasteiger partial charge in [0.1, 0.15) is 5.49 Å². The van der Waals surface area contributed by atoms with Crippen LogP contribution in [0.15, 0.2) is 0 Å². The SMILES string of the molecule is SC(S)(S)SC(CC1SCCCS1)SC(S)(S)S. The summed E-state index contributed by atoms with van der Waals surface area (Å²) in [6.45, 7) is 0. The van der Waals surface area contributed by atoms with Crippen molar-refractivity contribution in [3.8, 4) is 0 Å². The van der Waals surface area contributed by atoms with Crippen molar-refractivity contribution >= 4 is 123 Å². The summed E-state index contributed by atoms with van der Waals surface area (Å²) in [6.07, 6.45) is 2.36. The Morgan fingerprint density at radius 1 is 0.944 bits per heavy atom. The van der Waals surface area contributed by atoms with E-state index in [9.17, 15) is 0 Å². The Morgan fingerprint density at radius 2 is 1.39 bits per heavy atom. The van der Waals surface area contributed by atoms with Crippen LogP contribution < -0.4 is 0 Å². The molecule has 0 N–H and O–H groups in total. The van der Waals surface area contributed by atoms with Gasteiger partial charge in [0.15, 0.2) is 0 Å². The molecule has 18 heavy (non-hydrogen) atoms. The highest BCUT2D eigenvalue weighted by molar-refractivity contribution is 8.44. The second kappa shape index (κ2) is 8.96. The van der Waals surface area contributed by atoms with E-state index in [-0.39, 0.29) is 4.58 Å². The quantitative estimate of drug-likeness (QED) is 0.253. The average molecular weight is 433 g/mol. The first kappa shape index (κ1) is 19.5. The second-order valence-electron chi connectivity index (χ2n) is 3.57. The van der Waals surface area contributed by atoms with E-state index in [1.54, 1.807) is 23.5 Å². The van der Waals surface area contributed by atoms with Gasteiger partial charge in [-0.3, -0.25) is 0 Å². The highest BCUT2D eigenvalue weighted by Gasteiger charge is 2.31. The Kier molecular flexibility index (Phi) is 9.73. The molecule has 1 fully saturated rings. The van der Waals surface area contributed by atoms with Crippen LogP contribution in [0.25, 0.3) is 0 Å². The average Bonchev–Trinajstić information content (AvgIpc) is 2.13. The minimum Gasteiger partial charge on any atom is -0.148 e. The van der Waals surface area contributed by atoms with Crippen molar-refractivity contribution in [1.82, 2.24) is 0 Å². The molecule has 0 atom stereocenters. The molecule has 10 heteroatoms. The fourth-order valence-electron chi connectivity index (χ4n) is 1.30. The predicted molar refractivity (Wildman–Crippen MR) is 116 cm³/mol. The van der Waals surface area contributed by atoms with Crippen LogP contribution in [-0.2, 0) is 0 Å². The van der Waals surface area contributed by atoms with Gasteiger partial charge in [0.2, 0.25) is 0 Å². The third kappa shape index (κ3) is 10.3. The normalized spacial score (nSPS) is 19.5. The molecule has 0 unspecified atom stereocenters. The van der Waals surface area contributed by atoms with Crippen LogP contribution in [0.4, 0.5) is 0 Å². The van der Waals surface area contributed by atoms with Gasteiger partial charge in [0.05, 0.1) is 9.16 Å². The predicted octanol–water partition coefficient (Wildman–Crippen LogP) is 5.17. The van der Waals surface area contributed by atoms with Crippen molar-refractivity contribution in [2.45, 2.75) is 27.5 Å². The lowest BCUT2D eigenvalue weighted by Gasteiger charge is -2.31. The molecule has 1 heterocycles. The number of thioether (sulfide) groups is 4. The van der Waals surface area contributed by atoms with Crippen LogP contribution in [0.3, 0.4) is 0 Å². The standard InChI is InChI=1S/C8H16S10/c9-7(10,11)17-6(18-8(12,13)14)4-5-15-2-1-3-16-5/h5-6,9-14H,1-4H2. The number of hydrogen-bond acceptors (Lipinski definition) is 10. The van der Waals surface area contributed by atoms with E-state index in [2.05, 4.69) is 75.8 Å². The topological polar surface area (TPSA) is 0 Å². The van der Waals surface area contributed by atoms with Crippen LogP contribution in [-0.4, -0.2) is 26.2 Å². The van der Waals surface area contributed by atoms with Gasteiger partial charge in [0, 0.05) is 0 Å². The van der Waals surface area contributed by atoms with E-state index < -0.39 is 5.49 Å². The van der Waals surface area contributed by atoms with Crippen LogP contribution in [0, 0.1) is 0 Å². The maximum Gasteiger partial charge on any atom is 0.146 e. The lowest BCUT2D eigenvalue weighted by Crippen LogP contribution is -2.17. The van der Waals surface area contributed by atoms with Gasteiger partial charge in [-0.05, 0) is 24.3 Å². The Bertz CT molecular complexity index is 221. The van der Waals surface area contributed by atoms with Gasteiger partial charge in [-0.1, -0.05) is 0 Å². The third-order valence-electron chi connectivity index (χ3n) is 1.86. The molecule has 0 aromatic heterocycles. The molecule has 0 saturated carbocycles. The first-order valence-corrected chi connectivity index (χ1v) is 11.6. The summed E-state index contributed by atoms with van der Waals surface area (Å²) in [5.41, 5.74) is 0. The molecule has 0 aliphatic carbocycles. The zero-order valence-corrected chi connectivity index (χ0v) is 17.9. The zero-order valence-electron chi connectivity index (χ0n) is 9.30. The maximum absolute atomic E-state index is 4.35. The number of rotatable bonds is 6. The molecule has 108 valence electrons. The Morgan fingerprint density at radius 3 is 1.78 bits per heavy atom. The summed E-state index contributed by atoms with van der Waals surface area (Å²) in [4.78, 5) is 0. The van der Waals surface area contributed by atoms with Crippen LogP contribution in [0.1, 0.15) is 12.8 Å². The van der Waals surface area contributed by atoms with Crippen molar-refractivity contribution in [2.24, 2.45) is 0 Å². The molecule has 0 amide bonds. The van der Waals surface area contributed by atoms with Crippen molar-refractivity contribution in [1.29, 1.82) is 0 Å². The molecule has 1 aliphatic heterocycles. The van der Waals surface area contributed by atoms with Crippen LogP contribution >= 0.6 is 123 Å². The summed E-state index contributed by atoms with van der Waals surface area (Å²) in [7, 11) is 0. The molecule has 0 aromatic rings. The summed E-state index contributed by atoms with van der Waals surface area (Å²) < 4.78 is -0.406. The molecule has 1 rings (SSSR count). The highest BCUT2D eigenvalue weighted by atomic mass is 32.3. The van der Waals surface area contributed by atoms with E-state index in [4.69, 9.17) is 0 Å². The van der Waals surface area contributed by atoms with E-state index in [0.29, 0.717) is 4.58 Å². The van der Waals surface area contributed by atoms with E-state index >= 15 is 0 Å². The molecule has 0 aromatic carbocycles. The van der Waals surface area contributed by atoms with Gasteiger partial charge >= 0.3 is 0 Å². The number of thiol groups is 6. The van der Waals surface area contributed by atoms with Crippen molar-refractivity contribution in [2.75, 3.05) is 11.5 Å². The fourth-order valence-corrected chi connectivity index (χ4v) is 10.7. The molecule has 0 spiro atoms. The van der Waals surface area contributed by atoms with E-state index in [1.807, 2.05) is 23.5 Å². The minimum atomic E-state index is -0.651. The largest absolute Gasteiger partial charge is 0.148 e. The monoisotopic (exact) mass is 432 g/mol. The van der Waals surface area contributed by atoms with Gasteiger partial charge in [-0.15, -0.1) is 123 Å². The van der Waals surface area contributed by atoms with E-state index in [1.165, 1.54) is 17.9 Å². The molecule has 0 bridgehead atoms. The fraction of sp³-hybridized carbons (Fsp3) is 1.00. The molecule has 1 aliphatic rings. The Balaban J connectivity index is 2.53. The lowest BCUT2D eigenvalue weighted by molar-refractivity contribution is 0.996. The van der Waals surface area contributed by atoms with E-state index in [0.717, 1.165) is 6.42 Å². The molecule has 1 saturated heterocycles. The van der Waals surface area contributed by atoms with Crippen LogP contribution in [0.5, 0.6) is 0 Å². The first-order chi connectivity index (χ1) is 8.16. The van der Waals surface area contributed by atoms with Gasteiger partial charge < -0.3 is 0 Å². The Labute approximate surface area is 160 Å². The molecular weight excluding hydrogens is 417 g/mol.